The maximum atomic E-state index is 12.2. The van der Waals surface area contributed by atoms with Gasteiger partial charge in [-0.15, -0.1) is 10.2 Å². The van der Waals surface area contributed by atoms with Crippen molar-refractivity contribution in [2.45, 2.75) is 18.6 Å². The van der Waals surface area contributed by atoms with E-state index < -0.39 is 0 Å². The van der Waals surface area contributed by atoms with Crippen molar-refractivity contribution >= 4 is 50.9 Å². The molecule has 1 aromatic heterocycles. The molecule has 134 valence electrons. The summed E-state index contributed by atoms with van der Waals surface area (Å²) < 4.78 is 2.90. The molecule has 1 N–H and O–H groups in total. The molecule has 0 aliphatic heterocycles. The van der Waals surface area contributed by atoms with Gasteiger partial charge in [0.25, 0.3) is 0 Å². The normalized spacial score (nSPS) is 10.7. The molecule has 2 aromatic carbocycles. The van der Waals surface area contributed by atoms with E-state index in [-0.39, 0.29) is 11.7 Å². The molecule has 1 heterocycles. The Morgan fingerprint density at radius 1 is 1.23 bits per heavy atom. The molecule has 0 radical (unpaired) electrons. The van der Waals surface area contributed by atoms with E-state index in [1.807, 2.05) is 60.0 Å². The molecule has 8 heteroatoms. The highest BCUT2D eigenvalue weighted by Gasteiger charge is 2.14. The van der Waals surface area contributed by atoms with Gasteiger partial charge < -0.3 is 9.88 Å². The van der Waals surface area contributed by atoms with E-state index >= 15 is 0 Å². The lowest BCUT2D eigenvalue weighted by molar-refractivity contribution is -0.113. The SMILES string of the molecule is CCn1c(SCC(=O)Nc2cccc(Br)c2)nnc1-c1ccc(Cl)cc1. The molecule has 0 saturated carbocycles. The second kappa shape index (κ2) is 8.70. The third-order valence-corrected chi connectivity index (χ3v) is 5.29. The molecule has 5 nitrogen and oxygen atoms in total. The van der Waals surface area contributed by atoms with E-state index in [9.17, 15) is 4.79 Å². The zero-order chi connectivity index (χ0) is 18.5. The van der Waals surface area contributed by atoms with E-state index in [0.29, 0.717) is 16.7 Å². The Balaban J connectivity index is 1.68. The van der Waals surface area contributed by atoms with Gasteiger partial charge in [0.05, 0.1) is 5.75 Å². The van der Waals surface area contributed by atoms with Gasteiger partial charge in [-0.2, -0.15) is 0 Å². The Labute approximate surface area is 169 Å². The van der Waals surface area contributed by atoms with Crippen LogP contribution in [0.3, 0.4) is 0 Å². The van der Waals surface area contributed by atoms with Gasteiger partial charge in [0, 0.05) is 27.3 Å². The van der Waals surface area contributed by atoms with Crippen LogP contribution in [0, 0.1) is 0 Å². The topological polar surface area (TPSA) is 59.8 Å². The Hall–Kier alpha value is -1.83. The summed E-state index contributed by atoms with van der Waals surface area (Å²) in [5.41, 5.74) is 1.69. The minimum atomic E-state index is -0.0909. The molecule has 0 aliphatic carbocycles. The Kier molecular flexibility index (Phi) is 6.34. The molecule has 3 rings (SSSR count). The molecule has 26 heavy (non-hydrogen) atoms. The number of hydrogen-bond donors (Lipinski definition) is 1. The molecule has 0 fully saturated rings. The average Bonchev–Trinajstić information content (AvgIpc) is 3.03. The zero-order valence-corrected chi connectivity index (χ0v) is 17.1. The third-order valence-electron chi connectivity index (χ3n) is 3.58. The monoisotopic (exact) mass is 450 g/mol. The van der Waals surface area contributed by atoms with E-state index in [2.05, 4.69) is 31.4 Å². The highest BCUT2D eigenvalue weighted by atomic mass is 79.9. The van der Waals surface area contributed by atoms with Crippen LogP contribution in [0.5, 0.6) is 0 Å². The number of benzene rings is 2. The average molecular weight is 452 g/mol. The first-order valence-corrected chi connectivity index (χ1v) is 10.1. The highest BCUT2D eigenvalue weighted by Crippen LogP contribution is 2.25. The van der Waals surface area contributed by atoms with Crippen molar-refractivity contribution in [2.75, 3.05) is 11.1 Å². The van der Waals surface area contributed by atoms with Gasteiger partial charge in [-0.25, -0.2) is 0 Å². The number of hydrogen-bond acceptors (Lipinski definition) is 4. The summed E-state index contributed by atoms with van der Waals surface area (Å²) in [7, 11) is 0. The largest absolute Gasteiger partial charge is 0.325 e. The number of rotatable bonds is 6. The van der Waals surface area contributed by atoms with Gasteiger partial charge in [0.15, 0.2) is 11.0 Å². The molecule has 0 atom stereocenters. The Morgan fingerprint density at radius 3 is 2.69 bits per heavy atom. The lowest BCUT2D eigenvalue weighted by atomic mass is 10.2. The fraction of sp³-hybridized carbons (Fsp3) is 0.167. The van der Waals surface area contributed by atoms with Crippen LogP contribution in [0.25, 0.3) is 11.4 Å². The number of anilines is 1. The summed E-state index contributed by atoms with van der Waals surface area (Å²) >= 11 is 10.7. The van der Waals surface area contributed by atoms with Gasteiger partial charge in [-0.1, -0.05) is 45.4 Å². The second-order valence-corrected chi connectivity index (χ2v) is 7.70. The third kappa shape index (κ3) is 4.66. The lowest BCUT2D eigenvalue weighted by Gasteiger charge is -2.08. The van der Waals surface area contributed by atoms with E-state index in [0.717, 1.165) is 21.5 Å². The first-order valence-electron chi connectivity index (χ1n) is 7.94. The smallest absolute Gasteiger partial charge is 0.234 e. The van der Waals surface area contributed by atoms with Crippen LogP contribution < -0.4 is 5.32 Å². The van der Waals surface area contributed by atoms with Crippen LogP contribution in [-0.2, 0) is 11.3 Å². The zero-order valence-electron chi connectivity index (χ0n) is 13.9. The molecular weight excluding hydrogens is 436 g/mol. The van der Waals surface area contributed by atoms with Crippen molar-refractivity contribution < 1.29 is 4.79 Å². The van der Waals surface area contributed by atoms with Crippen LogP contribution in [0.15, 0.2) is 58.2 Å². The van der Waals surface area contributed by atoms with Crippen LogP contribution >= 0.6 is 39.3 Å². The molecule has 1 amide bonds. The number of thioether (sulfide) groups is 1. The first kappa shape index (κ1) is 18.9. The van der Waals surface area contributed by atoms with E-state index in [1.165, 1.54) is 11.8 Å². The number of nitrogens with one attached hydrogen (secondary N) is 1. The fourth-order valence-corrected chi connectivity index (χ4v) is 3.71. The van der Waals surface area contributed by atoms with Crippen molar-refractivity contribution in [1.29, 1.82) is 0 Å². The maximum Gasteiger partial charge on any atom is 0.234 e. The van der Waals surface area contributed by atoms with Gasteiger partial charge in [0.1, 0.15) is 0 Å². The summed E-state index contributed by atoms with van der Waals surface area (Å²) in [4.78, 5) is 12.2. The van der Waals surface area contributed by atoms with Crippen LogP contribution in [0.2, 0.25) is 5.02 Å². The molecular formula is C18H16BrClN4OS. The van der Waals surface area contributed by atoms with Gasteiger partial charge in [-0.05, 0) is 49.4 Å². The van der Waals surface area contributed by atoms with Gasteiger partial charge >= 0.3 is 0 Å². The molecule has 0 unspecified atom stereocenters. The Morgan fingerprint density at radius 2 is 2.00 bits per heavy atom. The van der Waals surface area contributed by atoms with Crippen LogP contribution in [0.1, 0.15) is 6.92 Å². The number of carbonyl (C=O) groups excluding carboxylic acids is 1. The van der Waals surface area contributed by atoms with Crippen molar-refractivity contribution in [3.63, 3.8) is 0 Å². The number of amides is 1. The van der Waals surface area contributed by atoms with Gasteiger partial charge in [0.2, 0.25) is 5.91 Å². The Bertz CT molecular complexity index is 914. The summed E-state index contributed by atoms with van der Waals surface area (Å²) in [6.45, 7) is 2.73. The highest BCUT2D eigenvalue weighted by molar-refractivity contribution is 9.10. The summed E-state index contributed by atoms with van der Waals surface area (Å²) in [5, 5.41) is 12.8. The molecule has 0 saturated heterocycles. The van der Waals surface area contributed by atoms with Crippen molar-refractivity contribution in [3.05, 3.63) is 58.0 Å². The minimum absolute atomic E-state index is 0.0909. The fourth-order valence-electron chi connectivity index (χ4n) is 2.39. The molecule has 0 aliphatic rings. The molecule has 3 aromatic rings. The van der Waals surface area contributed by atoms with Crippen molar-refractivity contribution in [2.24, 2.45) is 0 Å². The number of aromatic nitrogens is 3. The lowest BCUT2D eigenvalue weighted by Crippen LogP contribution is -2.14. The number of carbonyl (C=O) groups is 1. The maximum absolute atomic E-state index is 12.2. The first-order chi connectivity index (χ1) is 12.6. The minimum Gasteiger partial charge on any atom is -0.325 e. The van der Waals surface area contributed by atoms with Crippen molar-refractivity contribution in [1.82, 2.24) is 14.8 Å². The van der Waals surface area contributed by atoms with E-state index in [1.54, 1.807) is 0 Å². The predicted octanol–water partition coefficient (Wildman–Crippen LogP) is 5.11. The quantitative estimate of drug-likeness (QED) is 0.529. The van der Waals surface area contributed by atoms with Crippen molar-refractivity contribution in [3.8, 4) is 11.4 Å². The number of nitrogens with zero attached hydrogens (tertiary/aromatic N) is 3. The standard InChI is InChI=1S/C18H16BrClN4OS/c1-2-24-17(12-6-8-14(20)9-7-12)22-23-18(24)26-11-16(25)21-15-5-3-4-13(19)10-15/h3-10H,2,11H2,1H3,(H,21,25). The summed E-state index contributed by atoms with van der Waals surface area (Å²) in [6.07, 6.45) is 0. The summed E-state index contributed by atoms with van der Waals surface area (Å²) in [5.74, 6) is 0.927. The molecule has 0 bridgehead atoms. The number of halogens is 2. The molecule has 0 spiro atoms. The summed E-state index contributed by atoms with van der Waals surface area (Å²) in [6, 6.07) is 15.0. The van der Waals surface area contributed by atoms with E-state index in [4.69, 9.17) is 11.6 Å². The van der Waals surface area contributed by atoms with Crippen LogP contribution in [-0.4, -0.2) is 26.4 Å². The van der Waals surface area contributed by atoms with Gasteiger partial charge in [-0.3, -0.25) is 4.79 Å². The van der Waals surface area contributed by atoms with Crippen LogP contribution in [0.4, 0.5) is 5.69 Å². The second-order valence-electron chi connectivity index (χ2n) is 5.40. The predicted molar refractivity (Wildman–Crippen MR) is 110 cm³/mol.